The molecule has 1 aromatic carbocycles. The molecule has 298 valence electrons. The van der Waals surface area contributed by atoms with Crippen molar-refractivity contribution in [2.24, 2.45) is 0 Å². The predicted octanol–water partition coefficient (Wildman–Crippen LogP) is 7.08. The van der Waals surface area contributed by atoms with Crippen molar-refractivity contribution in [2.75, 3.05) is 126 Å². The van der Waals surface area contributed by atoms with Gasteiger partial charge in [-0.1, -0.05) is 102 Å². The number of hydrogen-bond donors (Lipinski definition) is 0. The molecular weight excluding hydrogens is 656 g/mol. The molecule has 0 saturated heterocycles. The van der Waals surface area contributed by atoms with E-state index in [0.717, 1.165) is 13.0 Å². The molecule has 0 heterocycles. The fraction of sp³-hybridized carbons (Fsp3) is 0.825. The smallest absolute Gasteiger partial charge is 0.338 e. The minimum Gasteiger partial charge on any atom is -0.460 e. The summed E-state index contributed by atoms with van der Waals surface area (Å²) in [6.07, 6.45) is 17.8. The van der Waals surface area contributed by atoms with Crippen LogP contribution in [0.4, 0.5) is 0 Å². The molecule has 0 unspecified atom stereocenters. The van der Waals surface area contributed by atoms with Gasteiger partial charge in [0, 0.05) is 6.61 Å². The van der Waals surface area contributed by atoms with Crippen molar-refractivity contribution < 1.29 is 52.2 Å². The van der Waals surface area contributed by atoms with E-state index in [9.17, 15) is 4.79 Å². The summed E-state index contributed by atoms with van der Waals surface area (Å²) in [5, 5.41) is 0. The normalized spacial score (nSPS) is 11.4. The Kier molecular flexibility index (Phi) is 38.2. The Balaban J connectivity index is 1.62. The van der Waals surface area contributed by atoms with Gasteiger partial charge < -0.3 is 47.4 Å². The van der Waals surface area contributed by atoms with E-state index in [2.05, 4.69) is 6.92 Å². The molecule has 1 rings (SSSR count). The summed E-state index contributed by atoms with van der Waals surface area (Å²) in [5.41, 5.74) is 0.530. The van der Waals surface area contributed by atoms with Crippen LogP contribution in [0.1, 0.15) is 101 Å². The van der Waals surface area contributed by atoms with Crippen molar-refractivity contribution in [1.82, 2.24) is 0 Å². The van der Waals surface area contributed by atoms with Crippen molar-refractivity contribution >= 4 is 5.97 Å². The third-order valence-electron chi connectivity index (χ3n) is 7.84. The molecule has 0 saturated carbocycles. The third-order valence-corrected chi connectivity index (χ3v) is 7.84. The van der Waals surface area contributed by atoms with Crippen molar-refractivity contribution in [3.63, 3.8) is 0 Å². The first kappa shape index (κ1) is 47.4. The minimum atomic E-state index is -0.351. The van der Waals surface area contributed by atoms with Crippen LogP contribution in [0.3, 0.4) is 0 Å². The molecule has 0 aromatic heterocycles. The van der Waals surface area contributed by atoms with E-state index in [-0.39, 0.29) is 12.6 Å². The fourth-order valence-corrected chi connectivity index (χ4v) is 4.93. The Morgan fingerprint density at radius 2 is 0.627 bits per heavy atom. The van der Waals surface area contributed by atoms with Crippen LogP contribution in [0.5, 0.6) is 0 Å². The lowest BCUT2D eigenvalue weighted by Crippen LogP contribution is -2.15. The molecule has 1 aromatic rings. The van der Waals surface area contributed by atoms with E-state index >= 15 is 0 Å². The molecule has 0 fully saturated rings. The molecule has 0 N–H and O–H groups in total. The van der Waals surface area contributed by atoms with Gasteiger partial charge in [-0.2, -0.15) is 0 Å². The lowest BCUT2D eigenvalue weighted by Gasteiger charge is -2.09. The third kappa shape index (κ3) is 36.5. The number of hydrogen-bond acceptors (Lipinski definition) is 11. The molecule has 0 aliphatic rings. The molecule has 0 spiro atoms. The Labute approximate surface area is 309 Å². The van der Waals surface area contributed by atoms with Crippen molar-refractivity contribution in [3.8, 4) is 0 Å². The maximum Gasteiger partial charge on any atom is 0.338 e. The predicted molar refractivity (Wildman–Crippen MR) is 200 cm³/mol. The highest BCUT2D eigenvalue weighted by Gasteiger charge is 2.05. The van der Waals surface area contributed by atoms with E-state index in [1.165, 1.54) is 77.0 Å². The summed E-state index contributed by atoms with van der Waals surface area (Å²) in [7, 11) is 0. The highest BCUT2D eigenvalue weighted by atomic mass is 16.6. The molecule has 0 aliphatic carbocycles. The monoisotopic (exact) mass is 729 g/mol. The first-order valence-corrected chi connectivity index (χ1v) is 19.8. The highest BCUT2D eigenvalue weighted by molar-refractivity contribution is 5.89. The average Bonchev–Trinajstić information content (AvgIpc) is 3.15. The van der Waals surface area contributed by atoms with Crippen molar-refractivity contribution in [3.05, 3.63) is 35.9 Å². The maximum atomic E-state index is 11.8. The number of carbonyl (C=O) groups is 1. The van der Waals surface area contributed by atoms with E-state index in [4.69, 9.17) is 47.4 Å². The van der Waals surface area contributed by atoms with Gasteiger partial charge in [0.2, 0.25) is 0 Å². The minimum absolute atomic E-state index is 0.207. The van der Waals surface area contributed by atoms with Crippen LogP contribution in [0.2, 0.25) is 0 Å². The summed E-state index contributed by atoms with van der Waals surface area (Å²) in [4.78, 5) is 11.8. The van der Waals surface area contributed by atoms with Gasteiger partial charge in [-0.15, -0.1) is 0 Å². The number of carbonyl (C=O) groups excluding carboxylic acids is 1. The van der Waals surface area contributed by atoms with Crippen LogP contribution in [0, 0.1) is 0 Å². The van der Waals surface area contributed by atoms with Crippen molar-refractivity contribution in [1.29, 1.82) is 0 Å². The lowest BCUT2D eigenvalue weighted by molar-refractivity contribution is -0.0259. The number of unbranched alkanes of at least 4 members (excludes halogenated alkanes) is 12. The number of esters is 1. The Bertz CT molecular complexity index is 815. The van der Waals surface area contributed by atoms with Crippen LogP contribution in [-0.2, 0) is 47.4 Å². The highest BCUT2D eigenvalue weighted by Crippen LogP contribution is 2.12. The second-order valence-corrected chi connectivity index (χ2v) is 12.3. The van der Waals surface area contributed by atoms with E-state index in [1.807, 2.05) is 6.07 Å². The van der Waals surface area contributed by atoms with E-state index in [1.54, 1.807) is 24.3 Å². The first-order chi connectivity index (χ1) is 25.3. The summed E-state index contributed by atoms with van der Waals surface area (Å²) in [6.45, 7) is 12.0. The zero-order valence-corrected chi connectivity index (χ0v) is 32.0. The van der Waals surface area contributed by atoms with Crippen LogP contribution in [-0.4, -0.2) is 132 Å². The second kappa shape index (κ2) is 41.1. The summed E-state index contributed by atoms with van der Waals surface area (Å²) >= 11 is 0. The van der Waals surface area contributed by atoms with Gasteiger partial charge >= 0.3 is 5.97 Å². The van der Waals surface area contributed by atoms with Crippen LogP contribution < -0.4 is 0 Å². The quantitative estimate of drug-likeness (QED) is 0.0509. The second-order valence-electron chi connectivity index (χ2n) is 12.3. The zero-order valence-electron chi connectivity index (χ0n) is 32.0. The molecule has 51 heavy (non-hydrogen) atoms. The van der Waals surface area contributed by atoms with Gasteiger partial charge in [-0.25, -0.2) is 4.79 Å². The maximum absolute atomic E-state index is 11.8. The van der Waals surface area contributed by atoms with Gasteiger partial charge in [0.05, 0.1) is 118 Å². The summed E-state index contributed by atoms with van der Waals surface area (Å²) in [6, 6.07) is 8.88. The molecule has 0 amide bonds. The molecule has 11 heteroatoms. The van der Waals surface area contributed by atoms with Gasteiger partial charge in [0.15, 0.2) is 0 Å². The SMILES string of the molecule is CCCCCCCCCCCCCCCOCCOCCOCCOCCOCCOCCOCCOCCOCCOC(=O)c1ccccc1. The van der Waals surface area contributed by atoms with Gasteiger partial charge in [-0.3, -0.25) is 0 Å². The van der Waals surface area contributed by atoms with Gasteiger partial charge in [0.1, 0.15) is 6.61 Å². The Morgan fingerprint density at radius 3 is 0.961 bits per heavy atom. The number of benzene rings is 1. The summed E-state index contributed by atoms with van der Waals surface area (Å²) in [5.74, 6) is -0.351. The average molecular weight is 729 g/mol. The molecule has 0 atom stereocenters. The van der Waals surface area contributed by atoms with Crippen LogP contribution in [0.25, 0.3) is 0 Å². The molecule has 11 nitrogen and oxygen atoms in total. The summed E-state index contributed by atoms with van der Waals surface area (Å²) < 4.78 is 54.8. The van der Waals surface area contributed by atoms with Crippen LogP contribution >= 0.6 is 0 Å². The number of rotatable bonds is 42. The van der Waals surface area contributed by atoms with E-state index in [0.29, 0.717) is 118 Å². The van der Waals surface area contributed by atoms with Crippen LogP contribution in [0.15, 0.2) is 30.3 Å². The fourth-order valence-electron chi connectivity index (χ4n) is 4.93. The largest absolute Gasteiger partial charge is 0.460 e. The topological polar surface area (TPSA) is 109 Å². The Hall–Kier alpha value is -1.67. The molecular formula is C40H72O11. The first-order valence-electron chi connectivity index (χ1n) is 19.8. The van der Waals surface area contributed by atoms with E-state index < -0.39 is 0 Å². The lowest BCUT2D eigenvalue weighted by atomic mass is 10.0. The molecule has 0 aliphatic heterocycles. The zero-order chi connectivity index (χ0) is 36.4. The molecule has 0 radical (unpaired) electrons. The van der Waals surface area contributed by atoms with Gasteiger partial charge in [0.25, 0.3) is 0 Å². The standard InChI is InChI=1S/C40H72O11/c1-2-3-4-5-6-7-8-9-10-11-12-13-17-20-42-21-22-43-23-24-44-25-26-45-27-28-46-29-30-47-31-32-48-33-34-49-35-36-50-37-38-51-40(41)39-18-15-14-16-19-39/h14-16,18-19H,2-13,17,20-38H2,1H3. The number of ether oxygens (including phenoxy) is 10. The molecule has 0 bridgehead atoms. The Morgan fingerprint density at radius 1 is 0.353 bits per heavy atom. The van der Waals surface area contributed by atoms with Gasteiger partial charge in [-0.05, 0) is 18.6 Å². The van der Waals surface area contributed by atoms with Crippen molar-refractivity contribution in [2.45, 2.75) is 90.4 Å².